The predicted molar refractivity (Wildman–Crippen MR) is 112 cm³/mol. The number of hydrogen-bond donors (Lipinski definition) is 1. The topological polar surface area (TPSA) is 73.9 Å². The second kappa shape index (κ2) is 9.27. The first-order valence-corrected chi connectivity index (χ1v) is 11.2. The standard InChI is InChI=1S/C24H33NO5/c1-28-20-4-6-21(7-5-20)29-8-2-3-23(27)30-15-22(26)25-16-24-12-17-9-18(13-24)11-19(10-17)14-24/h4-7,17-19H,2-3,8-16H2,1H3,(H,25,26). The molecule has 1 N–H and O–H groups in total. The third-order valence-corrected chi connectivity index (χ3v) is 7.04. The number of carbonyl (C=O) groups is 2. The zero-order valence-electron chi connectivity index (χ0n) is 17.9. The molecule has 4 saturated carbocycles. The average Bonchev–Trinajstić information content (AvgIpc) is 2.73. The lowest BCUT2D eigenvalue weighted by Gasteiger charge is -2.56. The van der Waals surface area contributed by atoms with Crippen molar-refractivity contribution in [2.75, 3.05) is 26.9 Å². The molecule has 1 aromatic carbocycles. The van der Waals surface area contributed by atoms with Crippen molar-refractivity contribution in [2.45, 2.75) is 51.4 Å². The molecule has 0 saturated heterocycles. The maximum absolute atomic E-state index is 12.2. The first kappa shape index (κ1) is 21.0. The summed E-state index contributed by atoms with van der Waals surface area (Å²) in [6.45, 7) is 0.965. The van der Waals surface area contributed by atoms with Gasteiger partial charge in [-0.25, -0.2) is 0 Å². The fraction of sp³-hybridized carbons (Fsp3) is 0.667. The van der Waals surface area contributed by atoms with Gasteiger partial charge in [-0.1, -0.05) is 0 Å². The van der Waals surface area contributed by atoms with E-state index in [-0.39, 0.29) is 24.9 Å². The Morgan fingerprint density at radius 3 is 2.20 bits per heavy atom. The highest BCUT2D eigenvalue weighted by Gasteiger charge is 2.50. The van der Waals surface area contributed by atoms with Crippen LogP contribution in [0.2, 0.25) is 0 Å². The maximum Gasteiger partial charge on any atom is 0.306 e. The van der Waals surface area contributed by atoms with Gasteiger partial charge < -0.3 is 19.5 Å². The molecular weight excluding hydrogens is 382 g/mol. The summed E-state index contributed by atoms with van der Waals surface area (Å²) in [6.07, 6.45) is 8.74. The molecule has 0 atom stereocenters. The number of ether oxygens (including phenoxy) is 3. The van der Waals surface area contributed by atoms with E-state index in [4.69, 9.17) is 14.2 Å². The van der Waals surface area contributed by atoms with Gasteiger partial charge in [0.1, 0.15) is 11.5 Å². The minimum absolute atomic E-state index is 0.187. The summed E-state index contributed by atoms with van der Waals surface area (Å²) >= 11 is 0. The normalized spacial score (nSPS) is 28.8. The number of hydrogen-bond acceptors (Lipinski definition) is 5. The van der Waals surface area contributed by atoms with E-state index in [9.17, 15) is 9.59 Å². The Morgan fingerprint density at radius 2 is 1.60 bits per heavy atom. The molecule has 0 aliphatic heterocycles. The fourth-order valence-electron chi connectivity index (χ4n) is 6.14. The number of amides is 1. The summed E-state index contributed by atoms with van der Waals surface area (Å²) in [5, 5.41) is 3.04. The van der Waals surface area contributed by atoms with Crippen LogP contribution in [0, 0.1) is 23.2 Å². The van der Waals surface area contributed by atoms with Crippen LogP contribution in [0.4, 0.5) is 0 Å². The number of carbonyl (C=O) groups excluding carboxylic acids is 2. The zero-order valence-corrected chi connectivity index (χ0v) is 17.9. The highest BCUT2D eigenvalue weighted by atomic mass is 16.5. The number of esters is 1. The van der Waals surface area contributed by atoms with Gasteiger partial charge in [-0.15, -0.1) is 0 Å². The van der Waals surface area contributed by atoms with Crippen molar-refractivity contribution >= 4 is 11.9 Å². The van der Waals surface area contributed by atoms with E-state index in [1.165, 1.54) is 38.5 Å². The second-order valence-corrected chi connectivity index (χ2v) is 9.48. The van der Waals surface area contributed by atoms with Crippen LogP contribution in [0.15, 0.2) is 24.3 Å². The summed E-state index contributed by atoms with van der Waals surface area (Å²) < 4.78 is 15.8. The average molecular weight is 416 g/mol. The van der Waals surface area contributed by atoms with Crippen LogP contribution in [-0.2, 0) is 14.3 Å². The van der Waals surface area contributed by atoms with E-state index in [1.54, 1.807) is 7.11 Å². The van der Waals surface area contributed by atoms with E-state index in [0.717, 1.165) is 35.8 Å². The van der Waals surface area contributed by atoms with Crippen molar-refractivity contribution in [2.24, 2.45) is 23.2 Å². The van der Waals surface area contributed by atoms with Gasteiger partial charge in [0.05, 0.1) is 13.7 Å². The first-order valence-electron chi connectivity index (χ1n) is 11.2. The summed E-state index contributed by atoms with van der Waals surface area (Å²) in [6, 6.07) is 7.30. The Kier molecular flexibility index (Phi) is 6.49. The zero-order chi connectivity index (χ0) is 21.0. The van der Waals surface area contributed by atoms with Crippen LogP contribution in [0.1, 0.15) is 51.4 Å². The number of benzene rings is 1. The van der Waals surface area contributed by atoms with Crippen molar-refractivity contribution in [3.63, 3.8) is 0 Å². The van der Waals surface area contributed by atoms with Crippen molar-refractivity contribution in [3.8, 4) is 11.5 Å². The van der Waals surface area contributed by atoms with Crippen molar-refractivity contribution in [3.05, 3.63) is 24.3 Å². The van der Waals surface area contributed by atoms with Crippen molar-refractivity contribution < 1.29 is 23.8 Å². The quantitative estimate of drug-likeness (QED) is 0.466. The minimum atomic E-state index is -0.363. The smallest absolute Gasteiger partial charge is 0.306 e. The molecule has 30 heavy (non-hydrogen) atoms. The lowest BCUT2D eigenvalue weighted by molar-refractivity contribution is -0.149. The Bertz CT molecular complexity index is 709. The highest BCUT2D eigenvalue weighted by molar-refractivity contribution is 5.80. The van der Waals surface area contributed by atoms with Crippen LogP contribution in [0.25, 0.3) is 0 Å². The third kappa shape index (κ3) is 5.27. The van der Waals surface area contributed by atoms with Gasteiger partial charge in [-0.3, -0.25) is 9.59 Å². The molecular formula is C24H33NO5. The first-order chi connectivity index (χ1) is 14.5. The van der Waals surface area contributed by atoms with E-state index in [0.29, 0.717) is 18.4 Å². The molecule has 4 fully saturated rings. The fourth-order valence-corrected chi connectivity index (χ4v) is 6.14. The Morgan fingerprint density at radius 1 is 1.00 bits per heavy atom. The summed E-state index contributed by atoms with van der Waals surface area (Å²) in [7, 11) is 1.62. The molecule has 0 spiro atoms. The van der Waals surface area contributed by atoms with Crippen LogP contribution in [0.5, 0.6) is 11.5 Å². The molecule has 0 unspecified atom stereocenters. The van der Waals surface area contributed by atoms with E-state index in [2.05, 4.69) is 5.32 Å². The molecule has 6 nitrogen and oxygen atoms in total. The Balaban J connectivity index is 1.09. The van der Waals surface area contributed by atoms with E-state index < -0.39 is 0 Å². The van der Waals surface area contributed by atoms with E-state index >= 15 is 0 Å². The minimum Gasteiger partial charge on any atom is -0.497 e. The van der Waals surface area contributed by atoms with Gasteiger partial charge in [-0.05, 0) is 92.4 Å². The summed E-state index contributed by atoms with van der Waals surface area (Å²) in [5.41, 5.74) is 0.299. The number of rotatable bonds is 10. The monoisotopic (exact) mass is 415 g/mol. The Labute approximate surface area is 178 Å². The molecule has 4 aliphatic carbocycles. The van der Waals surface area contributed by atoms with Gasteiger partial charge in [0, 0.05) is 13.0 Å². The van der Waals surface area contributed by atoms with E-state index in [1.807, 2.05) is 24.3 Å². The van der Waals surface area contributed by atoms with Crippen LogP contribution in [0.3, 0.4) is 0 Å². The van der Waals surface area contributed by atoms with Crippen LogP contribution < -0.4 is 14.8 Å². The maximum atomic E-state index is 12.2. The predicted octanol–water partition coefficient (Wildman–Crippen LogP) is 3.73. The van der Waals surface area contributed by atoms with Crippen LogP contribution in [-0.4, -0.2) is 38.7 Å². The molecule has 4 bridgehead atoms. The number of methoxy groups -OCH3 is 1. The van der Waals surface area contributed by atoms with Crippen molar-refractivity contribution in [1.29, 1.82) is 0 Å². The summed E-state index contributed by atoms with van der Waals surface area (Å²) in [5.74, 6) is 3.55. The number of nitrogens with one attached hydrogen (secondary N) is 1. The van der Waals surface area contributed by atoms with Gasteiger partial charge in [0.25, 0.3) is 5.91 Å². The van der Waals surface area contributed by atoms with Gasteiger partial charge in [0.2, 0.25) is 0 Å². The molecule has 0 radical (unpaired) electrons. The van der Waals surface area contributed by atoms with Gasteiger partial charge in [-0.2, -0.15) is 0 Å². The molecule has 164 valence electrons. The molecule has 1 amide bonds. The molecule has 1 aromatic rings. The van der Waals surface area contributed by atoms with Crippen LogP contribution >= 0.6 is 0 Å². The molecule has 4 aliphatic rings. The lowest BCUT2D eigenvalue weighted by atomic mass is 9.49. The molecule has 0 heterocycles. The molecule has 6 heteroatoms. The lowest BCUT2D eigenvalue weighted by Crippen LogP contribution is -2.51. The largest absolute Gasteiger partial charge is 0.497 e. The molecule has 5 rings (SSSR count). The van der Waals surface area contributed by atoms with Gasteiger partial charge in [0.15, 0.2) is 6.61 Å². The second-order valence-electron chi connectivity index (χ2n) is 9.48. The third-order valence-electron chi connectivity index (χ3n) is 7.04. The van der Waals surface area contributed by atoms with Gasteiger partial charge >= 0.3 is 5.97 Å². The molecule has 0 aromatic heterocycles. The van der Waals surface area contributed by atoms with Crippen molar-refractivity contribution in [1.82, 2.24) is 5.32 Å². The SMILES string of the molecule is COc1ccc(OCCCC(=O)OCC(=O)NCC23CC4CC(CC(C4)C2)C3)cc1. The summed E-state index contributed by atoms with van der Waals surface area (Å²) in [4.78, 5) is 24.1. The highest BCUT2D eigenvalue weighted by Crippen LogP contribution is 2.59. The Hall–Kier alpha value is -2.24.